The number of amides is 2. The minimum atomic E-state index is -0.707. The minimum Gasteiger partial charge on any atom is -0.488 e. The maximum absolute atomic E-state index is 11.7. The first-order valence-electron chi connectivity index (χ1n) is 7.32. The second-order valence-corrected chi connectivity index (χ2v) is 6.62. The van der Waals surface area contributed by atoms with Gasteiger partial charge < -0.3 is 20.5 Å². The van der Waals surface area contributed by atoms with E-state index in [0.717, 1.165) is 25.0 Å². The molecule has 1 saturated carbocycles. The van der Waals surface area contributed by atoms with Crippen molar-refractivity contribution in [1.82, 2.24) is 5.32 Å². The van der Waals surface area contributed by atoms with Crippen molar-refractivity contribution in [2.75, 3.05) is 11.9 Å². The van der Waals surface area contributed by atoms with Crippen molar-refractivity contribution in [3.8, 4) is 5.75 Å². The summed E-state index contributed by atoms with van der Waals surface area (Å²) < 4.78 is 5.71. The van der Waals surface area contributed by atoms with E-state index in [9.17, 15) is 9.90 Å². The van der Waals surface area contributed by atoms with Gasteiger partial charge >= 0.3 is 6.03 Å². The molecule has 0 aromatic heterocycles. The summed E-state index contributed by atoms with van der Waals surface area (Å²) in [6, 6.07) is 6.91. The third-order valence-electron chi connectivity index (χ3n) is 3.40. The van der Waals surface area contributed by atoms with Gasteiger partial charge in [-0.05, 0) is 64.3 Å². The Bertz CT molecular complexity index is 487. The van der Waals surface area contributed by atoms with Gasteiger partial charge in [0, 0.05) is 12.2 Å². The van der Waals surface area contributed by atoms with Crippen molar-refractivity contribution in [3.05, 3.63) is 24.3 Å². The highest BCUT2D eigenvalue weighted by Gasteiger charge is 2.34. The maximum Gasteiger partial charge on any atom is 0.319 e. The van der Waals surface area contributed by atoms with Gasteiger partial charge in [-0.25, -0.2) is 4.79 Å². The molecule has 5 heteroatoms. The van der Waals surface area contributed by atoms with Crippen molar-refractivity contribution in [1.29, 1.82) is 0 Å². The third kappa shape index (κ3) is 4.93. The van der Waals surface area contributed by atoms with Crippen LogP contribution in [0, 0.1) is 0 Å². The molecule has 3 N–H and O–H groups in total. The Labute approximate surface area is 125 Å². The number of carbonyl (C=O) groups excluding carboxylic acids is 1. The lowest BCUT2D eigenvalue weighted by molar-refractivity contribution is -0.0287. The number of anilines is 1. The minimum absolute atomic E-state index is 0.245. The molecule has 116 valence electrons. The summed E-state index contributed by atoms with van der Waals surface area (Å²) in [6.45, 7) is 6.25. The summed E-state index contributed by atoms with van der Waals surface area (Å²) in [5.41, 5.74) is -0.263. The standard InChI is InChI=1S/C16H24N2O3/c1-15(2,3)21-13-7-5-12(6-8-13)18-14(19)17-11-16(20)9-4-10-16/h5-8,20H,4,9-11H2,1-3H3,(H2,17,18,19). The largest absolute Gasteiger partial charge is 0.488 e. The molecule has 1 aliphatic rings. The van der Waals surface area contributed by atoms with Crippen LogP contribution in [0.5, 0.6) is 5.75 Å². The summed E-state index contributed by atoms with van der Waals surface area (Å²) in [6.07, 6.45) is 2.53. The number of ether oxygens (including phenoxy) is 1. The van der Waals surface area contributed by atoms with E-state index in [1.807, 2.05) is 32.9 Å². The van der Waals surface area contributed by atoms with Gasteiger partial charge in [-0.2, -0.15) is 0 Å². The Morgan fingerprint density at radius 1 is 1.29 bits per heavy atom. The summed E-state index contributed by atoms with van der Waals surface area (Å²) >= 11 is 0. The zero-order valence-electron chi connectivity index (χ0n) is 12.9. The fourth-order valence-electron chi connectivity index (χ4n) is 2.14. The molecule has 1 fully saturated rings. The van der Waals surface area contributed by atoms with Gasteiger partial charge in [0.1, 0.15) is 11.4 Å². The maximum atomic E-state index is 11.7. The zero-order chi connectivity index (χ0) is 15.5. The van der Waals surface area contributed by atoms with Crippen LogP contribution in [0.2, 0.25) is 0 Å². The smallest absolute Gasteiger partial charge is 0.319 e. The van der Waals surface area contributed by atoms with E-state index < -0.39 is 5.60 Å². The Hall–Kier alpha value is -1.75. The second-order valence-electron chi connectivity index (χ2n) is 6.62. The first-order chi connectivity index (χ1) is 9.76. The number of hydrogen-bond donors (Lipinski definition) is 3. The first kappa shape index (κ1) is 15.6. The summed E-state index contributed by atoms with van der Waals surface area (Å²) in [5, 5.41) is 15.3. The fraction of sp³-hybridized carbons (Fsp3) is 0.562. The van der Waals surface area contributed by atoms with Crippen molar-refractivity contribution in [2.45, 2.75) is 51.2 Å². The normalized spacial score (nSPS) is 16.8. The van der Waals surface area contributed by atoms with Crippen molar-refractivity contribution >= 4 is 11.7 Å². The SMILES string of the molecule is CC(C)(C)Oc1ccc(NC(=O)NCC2(O)CCC2)cc1. The molecule has 0 heterocycles. The molecule has 1 aliphatic carbocycles. The summed E-state index contributed by atoms with van der Waals surface area (Å²) in [4.78, 5) is 11.7. The molecule has 0 radical (unpaired) electrons. The second kappa shape index (κ2) is 5.93. The number of benzene rings is 1. The summed E-state index contributed by atoms with van der Waals surface area (Å²) in [7, 11) is 0. The predicted octanol–water partition coefficient (Wildman–Crippen LogP) is 2.90. The van der Waals surface area contributed by atoms with E-state index in [4.69, 9.17) is 4.74 Å². The summed E-state index contributed by atoms with van der Waals surface area (Å²) in [5.74, 6) is 0.761. The van der Waals surface area contributed by atoms with Gasteiger partial charge in [-0.3, -0.25) is 0 Å². The topological polar surface area (TPSA) is 70.6 Å². The molecule has 1 aromatic rings. The van der Waals surface area contributed by atoms with Crippen LogP contribution in [0.4, 0.5) is 10.5 Å². The van der Waals surface area contributed by atoms with Crippen LogP contribution in [0.25, 0.3) is 0 Å². The lowest BCUT2D eigenvalue weighted by Crippen LogP contribution is -2.48. The number of aliphatic hydroxyl groups is 1. The van der Waals surface area contributed by atoms with Gasteiger partial charge in [0.15, 0.2) is 0 Å². The molecule has 2 amide bonds. The number of nitrogens with one attached hydrogen (secondary N) is 2. The lowest BCUT2D eigenvalue weighted by atomic mass is 9.80. The van der Waals surface area contributed by atoms with E-state index >= 15 is 0 Å². The highest BCUT2D eigenvalue weighted by molar-refractivity contribution is 5.89. The molecular weight excluding hydrogens is 268 g/mol. The fourth-order valence-corrected chi connectivity index (χ4v) is 2.14. The Morgan fingerprint density at radius 3 is 2.38 bits per heavy atom. The van der Waals surface area contributed by atoms with Crippen LogP contribution >= 0.6 is 0 Å². The lowest BCUT2D eigenvalue weighted by Gasteiger charge is -2.36. The van der Waals surface area contributed by atoms with Crippen molar-refractivity contribution in [2.24, 2.45) is 0 Å². The predicted molar refractivity (Wildman–Crippen MR) is 82.6 cm³/mol. The molecule has 5 nitrogen and oxygen atoms in total. The monoisotopic (exact) mass is 292 g/mol. The molecular formula is C16H24N2O3. The first-order valence-corrected chi connectivity index (χ1v) is 7.32. The van der Waals surface area contributed by atoms with Crippen LogP contribution in [0.1, 0.15) is 40.0 Å². The Balaban J connectivity index is 1.81. The van der Waals surface area contributed by atoms with Gasteiger partial charge in [0.05, 0.1) is 5.60 Å². The van der Waals surface area contributed by atoms with Crippen molar-refractivity contribution < 1.29 is 14.6 Å². The van der Waals surface area contributed by atoms with Crippen LogP contribution < -0.4 is 15.4 Å². The number of carbonyl (C=O) groups is 1. The molecule has 0 bridgehead atoms. The molecule has 0 spiro atoms. The van der Waals surface area contributed by atoms with Gasteiger partial charge in [0.2, 0.25) is 0 Å². The highest BCUT2D eigenvalue weighted by Crippen LogP contribution is 2.30. The van der Waals surface area contributed by atoms with Crippen LogP contribution in [0.15, 0.2) is 24.3 Å². The average molecular weight is 292 g/mol. The van der Waals surface area contributed by atoms with Gasteiger partial charge in [-0.1, -0.05) is 0 Å². The van der Waals surface area contributed by atoms with E-state index in [0.29, 0.717) is 12.2 Å². The molecule has 21 heavy (non-hydrogen) atoms. The quantitative estimate of drug-likeness (QED) is 0.799. The van der Waals surface area contributed by atoms with E-state index in [1.165, 1.54) is 0 Å². The van der Waals surface area contributed by atoms with Crippen molar-refractivity contribution in [3.63, 3.8) is 0 Å². The molecule has 0 aliphatic heterocycles. The van der Waals surface area contributed by atoms with Crippen LogP contribution in [0.3, 0.4) is 0 Å². The van der Waals surface area contributed by atoms with Gasteiger partial charge in [-0.15, -0.1) is 0 Å². The van der Waals surface area contributed by atoms with Crippen LogP contribution in [-0.4, -0.2) is 28.9 Å². The number of hydrogen-bond acceptors (Lipinski definition) is 3. The molecule has 2 rings (SSSR count). The van der Waals surface area contributed by atoms with Gasteiger partial charge in [0.25, 0.3) is 0 Å². The Morgan fingerprint density at radius 2 is 1.90 bits per heavy atom. The average Bonchev–Trinajstić information content (AvgIpc) is 2.35. The zero-order valence-corrected chi connectivity index (χ0v) is 12.9. The molecule has 1 aromatic carbocycles. The van der Waals surface area contributed by atoms with Crippen LogP contribution in [-0.2, 0) is 0 Å². The van der Waals surface area contributed by atoms with E-state index in [1.54, 1.807) is 12.1 Å². The highest BCUT2D eigenvalue weighted by atomic mass is 16.5. The molecule has 0 saturated heterocycles. The number of rotatable bonds is 4. The molecule has 0 atom stereocenters. The molecule has 0 unspecified atom stereocenters. The van der Waals surface area contributed by atoms with E-state index in [2.05, 4.69) is 10.6 Å². The third-order valence-corrected chi connectivity index (χ3v) is 3.40. The number of urea groups is 1. The Kier molecular flexibility index (Phi) is 4.42. The van der Waals surface area contributed by atoms with E-state index in [-0.39, 0.29) is 11.6 Å².